The SMILES string of the molecule is [2H]C([2H])(O)C([2H])(OC(=O)CCCCCC)C([2H])([2H])OC(=O)CCCCCC. The Hall–Kier alpha value is -1.10. The van der Waals surface area contributed by atoms with E-state index in [4.69, 9.17) is 6.85 Å². The van der Waals surface area contributed by atoms with Gasteiger partial charge in [0.05, 0.1) is 13.4 Å². The second-order valence-corrected chi connectivity index (χ2v) is 5.11. The quantitative estimate of drug-likeness (QED) is 0.392. The molecule has 0 amide bonds. The Morgan fingerprint density at radius 1 is 1.00 bits per heavy atom. The average molecular weight is 321 g/mol. The third-order valence-corrected chi connectivity index (χ3v) is 3.04. The van der Waals surface area contributed by atoms with Crippen LogP contribution < -0.4 is 0 Å². The molecule has 0 aromatic heterocycles. The van der Waals surface area contributed by atoms with Crippen molar-refractivity contribution in [3.8, 4) is 0 Å². The number of carbonyl (C=O) groups excluding carboxylic acids is 2. The molecular weight excluding hydrogens is 284 g/mol. The lowest BCUT2D eigenvalue weighted by Gasteiger charge is -2.15. The van der Waals surface area contributed by atoms with Crippen LogP contribution in [-0.2, 0) is 19.1 Å². The molecule has 1 N–H and O–H groups in total. The summed E-state index contributed by atoms with van der Waals surface area (Å²) in [6.45, 7) is -2.98. The fraction of sp³-hybridized carbons (Fsp3) is 0.882. The Bertz CT molecular complexity index is 467. The summed E-state index contributed by atoms with van der Waals surface area (Å²) in [6, 6.07) is 0. The molecule has 0 spiro atoms. The number of ether oxygens (including phenoxy) is 2. The van der Waals surface area contributed by atoms with Crippen molar-refractivity contribution in [3.63, 3.8) is 0 Å². The predicted octanol–water partition coefficient (Wildman–Crippen LogP) is 3.37. The van der Waals surface area contributed by atoms with Gasteiger partial charge in [0.1, 0.15) is 6.56 Å². The Labute approximate surface area is 141 Å². The van der Waals surface area contributed by atoms with Gasteiger partial charge in [0.25, 0.3) is 0 Å². The smallest absolute Gasteiger partial charge is 0.306 e. The Morgan fingerprint density at radius 2 is 1.55 bits per heavy atom. The first kappa shape index (κ1) is 13.3. The van der Waals surface area contributed by atoms with Gasteiger partial charge in [-0.2, -0.15) is 0 Å². The second-order valence-electron chi connectivity index (χ2n) is 5.11. The van der Waals surface area contributed by atoms with Crippen LogP contribution >= 0.6 is 0 Å². The molecule has 5 heteroatoms. The van der Waals surface area contributed by atoms with E-state index in [2.05, 4.69) is 9.47 Å². The number of aliphatic hydroxyl groups is 1. The van der Waals surface area contributed by atoms with Gasteiger partial charge in [-0.3, -0.25) is 9.59 Å². The van der Waals surface area contributed by atoms with E-state index >= 15 is 0 Å². The minimum absolute atomic E-state index is 0.116. The zero-order valence-electron chi connectivity index (χ0n) is 18.7. The first-order chi connectivity index (χ1) is 12.4. The highest BCUT2D eigenvalue weighted by molar-refractivity contribution is 5.70. The topological polar surface area (TPSA) is 72.8 Å². The highest BCUT2D eigenvalue weighted by Crippen LogP contribution is 2.07. The predicted molar refractivity (Wildman–Crippen MR) is 85.4 cm³/mol. The third kappa shape index (κ3) is 12.6. The van der Waals surface area contributed by atoms with Gasteiger partial charge in [-0.15, -0.1) is 0 Å². The molecule has 0 aromatic rings. The molecule has 0 heterocycles. The van der Waals surface area contributed by atoms with Gasteiger partial charge >= 0.3 is 11.9 Å². The summed E-state index contributed by atoms with van der Waals surface area (Å²) in [5, 5.41) is 9.63. The van der Waals surface area contributed by atoms with Crippen LogP contribution in [0.15, 0.2) is 0 Å². The molecule has 1 unspecified atom stereocenters. The summed E-state index contributed by atoms with van der Waals surface area (Å²) < 4.78 is 47.4. The molecule has 0 aromatic carbocycles. The lowest BCUT2D eigenvalue weighted by Crippen LogP contribution is -2.28. The standard InChI is InChI=1S/C17H32O5/c1-3-5-7-9-11-16(19)21-14-15(13-18)22-17(20)12-10-8-6-4-2/h15,18H,3-14H2,1-2H3/i13D2,14D2,15D. The highest BCUT2D eigenvalue weighted by atomic mass is 16.6. The second kappa shape index (κ2) is 14.8. The fourth-order valence-corrected chi connectivity index (χ4v) is 1.78. The molecule has 0 rings (SSSR count). The van der Waals surface area contributed by atoms with E-state index in [9.17, 15) is 14.7 Å². The molecule has 0 bridgehead atoms. The fourth-order valence-electron chi connectivity index (χ4n) is 1.78. The molecular formula is C17H32O5. The summed E-state index contributed by atoms with van der Waals surface area (Å²) in [4.78, 5) is 23.8. The lowest BCUT2D eigenvalue weighted by molar-refractivity contribution is -0.161. The van der Waals surface area contributed by atoms with E-state index in [1.54, 1.807) is 0 Å². The van der Waals surface area contributed by atoms with Crippen molar-refractivity contribution >= 4 is 11.9 Å². The Balaban J connectivity index is 5.01. The molecule has 0 aliphatic carbocycles. The third-order valence-electron chi connectivity index (χ3n) is 3.04. The van der Waals surface area contributed by atoms with E-state index < -0.39 is 31.1 Å². The van der Waals surface area contributed by atoms with Crippen molar-refractivity contribution in [3.05, 3.63) is 0 Å². The number of rotatable bonds is 14. The van der Waals surface area contributed by atoms with Gasteiger partial charge in [-0.25, -0.2) is 0 Å². The summed E-state index contributed by atoms with van der Waals surface area (Å²) in [6.07, 6.45) is 2.31. The van der Waals surface area contributed by atoms with Crippen LogP contribution in [0.4, 0.5) is 0 Å². The molecule has 0 aliphatic rings. The van der Waals surface area contributed by atoms with Crippen molar-refractivity contribution in [1.82, 2.24) is 0 Å². The highest BCUT2D eigenvalue weighted by Gasteiger charge is 2.15. The number of hydrogen-bond acceptors (Lipinski definition) is 5. The number of carbonyl (C=O) groups is 2. The van der Waals surface area contributed by atoms with E-state index in [-0.39, 0.29) is 12.8 Å². The van der Waals surface area contributed by atoms with Crippen molar-refractivity contribution in [2.75, 3.05) is 13.1 Å². The number of hydrogen-bond donors (Lipinski definition) is 1. The minimum atomic E-state index is -3.59. The van der Waals surface area contributed by atoms with Gasteiger partial charge in [-0.1, -0.05) is 52.4 Å². The first-order valence-corrected chi connectivity index (χ1v) is 8.07. The van der Waals surface area contributed by atoms with E-state index in [0.29, 0.717) is 12.8 Å². The van der Waals surface area contributed by atoms with Crippen molar-refractivity contribution < 1.29 is 31.0 Å². The zero-order chi connectivity index (χ0) is 21.1. The average Bonchev–Trinajstić information content (AvgIpc) is 2.54. The molecule has 0 saturated carbocycles. The van der Waals surface area contributed by atoms with Gasteiger partial charge in [0.2, 0.25) is 0 Å². The summed E-state index contributed by atoms with van der Waals surface area (Å²) in [5.74, 6) is -2.03. The van der Waals surface area contributed by atoms with Gasteiger partial charge < -0.3 is 14.6 Å². The van der Waals surface area contributed by atoms with Crippen LogP contribution in [0.1, 0.15) is 84.9 Å². The maximum Gasteiger partial charge on any atom is 0.306 e. The van der Waals surface area contributed by atoms with Crippen LogP contribution in [0.3, 0.4) is 0 Å². The molecule has 0 fully saturated rings. The maximum absolute atomic E-state index is 11.9. The normalized spacial score (nSPS) is 18.0. The van der Waals surface area contributed by atoms with Crippen molar-refractivity contribution in [1.29, 1.82) is 0 Å². The van der Waals surface area contributed by atoms with Crippen molar-refractivity contribution in [2.45, 2.75) is 84.1 Å². The monoisotopic (exact) mass is 321 g/mol. The number of esters is 2. The van der Waals surface area contributed by atoms with Crippen LogP contribution in [0.25, 0.3) is 0 Å². The molecule has 1 atom stereocenters. The summed E-state index contributed by atoms with van der Waals surface area (Å²) in [7, 11) is 0. The number of unbranched alkanes of at least 4 members (excludes halogenated alkanes) is 6. The van der Waals surface area contributed by atoms with Gasteiger partial charge in [0, 0.05) is 12.8 Å². The van der Waals surface area contributed by atoms with Crippen LogP contribution in [0.5, 0.6) is 0 Å². The molecule has 22 heavy (non-hydrogen) atoms. The van der Waals surface area contributed by atoms with Gasteiger partial charge in [-0.05, 0) is 12.8 Å². The molecule has 5 nitrogen and oxygen atoms in total. The Morgan fingerprint density at radius 3 is 2.05 bits per heavy atom. The largest absolute Gasteiger partial charge is 0.462 e. The van der Waals surface area contributed by atoms with Crippen LogP contribution in [0, 0.1) is 0 Å². The zero-order valence-corrected chi connectivity index (χ0v) is 13.7. The van der Waals surface area contributed by atoms with E-state index in [0.717, 1.165) is 38.5 Å². The van der Waals surface area contributed by atoms with E-state index in [1.165, 1.54) is 0 Å². The summed E-state index contributed by atoms with van der Waals surface area (Å²) >= 11 is 0. The molecule has 0 aliphatic heterocycles. The first-order valence-electron chi connectivity index (χ1n) is 10.6. The van der Waals surface area contributed by atoms with Gasteiger partial charge in [0.15, 0.2) is 6.08 Å². The van der Waals surface area contributed by atoms with Crippen molar-refractivity contribution in [2.24, 2.45) is 0 Å². The Kier molecular flexibility index (Phi) is 8.99. The van der Waals surface area contributed by atoms with Crippen LogP contribution in [-0.4, -0.2) is 36.2 Å². The molecule has 130 valence electrons. The molecule has 0 radical (unpaired) electrons. The van der Waals surface area contributed by atoms with Crippen LogP contribution in [0.2, 0.25) is 0 Å². The molecule has 0 saturated heterocycles. The minimum Gasteiger partial charge on any atom is -0.462 e. The summed E-state index contributed by atoms with van der Waals surface area (Å²) in [5.41, 5.74) is 0. The van der Waals surface area contributed by atoms with E-state index in [1.807, 2.05) is 13.8 Å². The lowest BCUT2D eigenvalue weighted by atomic mass is 10.1. The maximum atomic E-state index is 11.9.